The first-order valence-corrected chi connectivity index (χ1v) is 7.63. The van der Waals surface area contributed by atoms with Gasteiger partial charge in [0, 0.05) is 41.9 Å². The molecule has 1 aliphatic heterocycles. The lowest BCUT2D eigenvalue weighted by Crippen LogP contribution is -2.57. The molecule has 0 saturated carbocycles. The highest BCUT2D eigenvalue weighted by molar-refractivity contribution is 9.10. The molecule has 2 heterocycles. The van der Waals surface area contributed by atoms with Crippen LogP contribution in [0.2, 0.25) is 0 Å². The Hall–Kier alpha value is -0.810. The van der Waals surface area contributed by atoms with Crippen molar-refractivity contribution < 1.29 is 4.79 Å². The van der Waals surface area contributed by atoms with Crippen molar-refractivity contribution in [2.75, 3.05) is 13.1 Å². The molecule has 106 valence electrons. The van der Waals surface area contributed by atoms with Crippen LogP contribution in [0.1, 0.15) is 44.2 Å². The molecule has 5 heteroatoms. The average molecular weight is 328 g/mol. The van der Waals surface area contributed by atoms with Crippen molar-refractivity contribution in [2.45, 2.75) is 45.8 Å². The third-order valence-corrected chi connectivity index (χ3v) is 4.32. The molecule has 19 heavy (non-hydrogen) atoms. The molecular weight excluding hydrogens is 306 g/mol. The van der Waals surface area contributed by atoms with Gasteiger partial charge in [-0.25, -0.2) is 0 Å². The van der Waals surface area contributed by atoms with Gasteiger partial charge in [0.15, 0.2) is 0 Å². The summed E-state index contributed by atoms with van der Waals surface area (Å²) in [5.41, 5.74) is 0.767. The van der Waals surface area contributed by atoms with Gasteiger partial charge >= 0.3 is 0 Å². The van der Waals surface area contributed by atoms with Crippen LogP contribution >= 0.6 is 15.9 Å². The van der Waals surface area contributed by atoms with Gasteiger partial charge in [0.25, 0.3) is 5.91 Å². The standard InChI is InChI=1S/C14H22BrN3O/c1-9(2)18-8-12(15)7-13(18)14(19)17-6-5-16-10(3)11(17)4/h7-11,16H,5-6H2,1-4H3. The lowest BCUT2D eigenvalue weighted by atomic mass is 10.1. The Balaban J connectivity index is 2.28. The number of hydrogen-bond acceptors (Lipinski definition) is 2. The normalized spacial score (nSPS) is 24.0. The van der Waals surface area contributed by atoms with Gasteiger partial charge < -0.3 is 14.8 Å². The number of halogens is 1. The first-order chi connectivity index (χ1) is 8.91. The zero-order chi connectivity index (χ0) is 14.2. The second-order valence-electron chi connectivity index (χ2n) is 5.53. The minimum Gasteiger partial charge on any atom is -0.340 e. The zero-order valence-corrected chi connectivity index (χ0v) is 13.6. The van der Waals surface area contributed by atoms with Crippen LogP contribution in [0.5, 0.6) is 0 Å². The highest BCUT2D eigenvalue weighted by Crippen LogP contribution is 2.22. The Labute approximate surface area is 123 Å². The average Bonchev–Trinajstić information content (AvgIpc) is 2.74. The SMILES string of the molecule is CC1NCCN(C(=O)c2cc(Br)cn2C(C)C)C1C. The lowest BCUT2D eigenvalue weighted by Gasteiger charge is -2.38. The van der Waals surface area contributed by atoms with E-state index in [1.165, 1.54) is 0 Å². The number of rotatable bonds is 2. The van der Waals surface area contributed by atoms with E-state index < -0.39 is 0 Å². The maximum atomic E-state index is 12.8. The van der Waals surface area contributed by atoms with Crippen LogP contribution in [0.3, 0.4) is 0 Å². The van der Waals surface area contributed by atoms with Crippen LogP contribution in [-0.4, -0.2) is 40.5 Å². The molecule has 1 fully saturated rings. The van der Waals surface area contributed by atoms with Gasteiger partial charge in [0.2, 0.25) is 0 Å². The zero-order valence-electron chi connectivity index (χ0n) is 12.0. The van der Waals surface area contributed by atoms with E-state index in [1.807, 2.05) is 21.7 Å². The van der Waals surface area contributed by atoms with Crippen LogP contribution < -0.4 is 5.32 Å². The van der Waals surface area contributed by atoms with Crippen molar-refractivity contribution in [3.63, 3.8) is 0 Å². The largest absolute Gasteiger partial charge is 0.340 e. The molecule has 4 nitrogen and oxygen atoms in total. The molecule has 2 unspecified atom stereocenters. The van der Waals surface area contributed by atoms with Gasteiger partial charge in [-0.1, -0.05) is 0 Å². The summed E-state index contributed by atoms with van der Waals surface area (Å²) >= 11 is 3.47. The van der Waals surface area contributed by atoms with E-state index in [1.54, 1.807) is 0 Å². The third kappa shape index (κ3) is 2.87. The van der Waals surface area contributed by atoms with Crippen LogP contribution in [0.25, 0.3) is 0 Å². The van der Waals surface area contributed by atoms with Gasteiger partial charge in [-0.05, 0) is 49.7 Å². The number of carbonyl (C=O) groups is 1. The first kappa shape index (κ1) is 14.6. The molecule has 0 spiro atoms. The molecule has 1 saturated heterocycles. The highest BCUT2D eigenvalue weighted by atomic mass is 79.9. The maximum absolute atomic E-state index is 12.8. The molecular formula is C14H22BrN3O. The fraction of sp³-hybridized carbons (Fsp3) is 0.643. The number of carbonyl (C=O) groups excluding carboxylic acids is 1. The molecule has 1 aromatic rings. The Morgan fingerprint density at radius 2 is 2.16 bits per heavy atom. The fourth-order valence-corrected chi connectivity index (χ4v) is 2.97. The quantitative estimate of drug-likeness (QED) is 0.906. The molecule has 2 atom stereocenters. The molecule has 0 aliphatic carbocycles. The minimum absolute atomic E-state index is 0.125. The van der Waals surface area contributed by atoms with E-state index in [-0.39, 0.29) is 18.0 Å². The minimum atomic E-state index is 0.125. The summed E-state index contributed by atoms with van der Waals surface area (Å²) in [4.78, 5) is 14.7. The molecule has 0 aromatic carbocycles. The van der Waals surface area contributed by atoms with Crippen molar-refractivity contribution in [2.24, 2.45) is 0 Å². The molecule has 1 aromatic heterocycles. The fourth-order valence-electron chi connectivity index (χ4n) is 2.53. The number of aromatic nitrogens is 1. The lowest BCUT2D eigenvalue weighted by molar-refractivity contribution is 0.0590. The van der Waals surface area contributed by atoms with Gasteiger partial charge in [0.05, 0.1) is 0 Å². The van der Waals surface area contributed by atoms with Crippen molar-refractivity contribution in [1.29, 1.82) is 0 Å². The van der Waals surface area contributed by atoms with Gasteiger partial charge in [0.1, 0.15) is 5.69 Å². The molecule has 0 radical (unpaired) electrons. The smallest absolute Gasteiger partial charge is 0.270 e. The Morgan fingerprint density at radius 1 is 1.47 bits per heavy atom. The van der Waals surface area contributed by atoms with E-state index in [9.17, 15) is 4.79 Å². The van der Waals surface area contributed by atoms with Crippen molar-refractivity contribution in [3.8, 4) is 0 Å². The van der Waals surface area contributed by atoms with Crippen LogP contribution in [-0.2, 0) is 0 Å². The van der Waals surface area contributed by atoms with E-state index in [0.29, 0.717) is 6.04 Å². The molecule has 1 aliphatic rings. The van der Waals surface area contributed by atoms with Crippen LogP contribution in [0.15, 0.2) is 16.7 Å². The maximum Gasteiger partial charge on any atom is 0.270 e. The molecule has 0 bridgehead atoms. The Morgan fingerprint density at radius 3 is 2.79 bits per heavy atom. The van der Waals surface area contributed by atoms with Gasteiger partial charge in [-0.2, -0.15) is 0 Å². The summed E-state index contributed by atoms with van der Waals surface area (Å²) in [5.74, 6) is 0.125. The number of hydrogen-bond donors (Lipinski definition) is 1. The summed E-state index contributed by atoms with van der Waals surface area (Å²) in [6.45, 7) is 10.0. The summed E-state index contributed by atoms with van der Waals surface area (Å²) < 4.78 is 2.99. The molecule has 1 N–H and O–H groups in total. The van der Waals surface area contributed by atoms with E-state index >= 15 is 0 Å². The Kier molecular flexibility index (Phi) is 4.36. The van der Waals surface area contributed by atoms with Crippen molar-refractivity contribution >= 4 is 21.8 Å². The topological polar surface area (TPSA) is 37.3 Å². The first-order valence-electron chi connectivity index (χ1n) is 6.83. The number of nitrogens with one attached hydrogen (secondary N) is 1. The predicted octanol–water partition coefficient (Wildman–Crippen LogP) is 2.65. The summed E-state index contributed by atoms with van der Waals surface area (Å²) in [5, 5.41) is 3.40. The van der Waals surface area contributed by atoms with Gasteiger partial charge in [-0.15, -0.1) is 0 Å². The number of amides is 1. The number of nitrogens with zero attached hydrogens (tertiary/aromatic N) is 2. The summed E-state index contributed by atoms with van der Waals surface area (Å²) in [6, 6.07) is 2.75. The van der Waals surface area contributed by atoms with Crippen molar-refractivity contribution in [3.05, 3.63) is 22.4 Å². The summed E-state index contributed by atoms with van der Waals surface area (Å²) in [7, 11) is 0. The third-order valence-electron chi connectivity index (χ3n) is 3.89. The van der Waals surface area contributed by atoms with E-state index in [2.05, 4.69) is 48.9 Å². The highest BCUT2D eigenvalue weighted by Gasteiger charge is 2.30. The summed E-state index contributed by atoms with van der Waals surface area (Å²) in [6.07, 6.45) is 1.98. The monoisotopic (exact) mass is 327 g/mol. The predicted molar refractivity (Wildman–Crippen MR) is 80.5 cm³/mol. The second kappa shape index (κ2) is 5.67. The molecule has 1 amide bonds. The molecule has 2 rings (SSSR count). The van der Waals surface area contributed by atoms with Gasteiger partial charge in [-0.3, -0.25) is 4.79 Å². The van der Waals surface area contributed by atoms with E-state index in [0.717, 1.165) is 23.3 Å². The van der Waals surface area contributed by atoms with Crippen molar-refractivity contribution in [1.82, 2.24) is 14.8 Å². The Bertz CT molecular complexity index is 469. The van der Waals surface area contributed by atoms with Crippen LogP contribution in [0.4, 0.5) is 0 Å². The second-order valence-corrected chi connectivity index (χ2v) is 6.44. The van der Waals surface area contributed by atoms with E-state index in [4.69, 9.17) is 0 Å². The van der Waals surface area contributed by atoms with Crippen LogP contribution in [0, 0.1) is 0 Å². The number of piperazine rings is 1.